The number of fused-ring (bicyclic) bond motifs is 1. The first kappa shape index (κ1) is 9.90. The number of imidazole rings is 1. The minimum absolute atomic E-state index is 0.492. The third kappa shape index (κ3) is 2.13. The van der Waals surface area contributed by atoms with Crippen LogP contribution < -0.4 is 4.74 Å². The quantitative estimate of drug-likeness (QED) is 0.683. The highest BCUT2D eigenvalue weighted by Gasteiger charge is 2.01. The fourth-order valence-electron chi connectivity index (χ4n) is 1.73. The zero-order valence-electron chi connectivity index (χ0n) is 9.28. The zero-order valence-corrected chi connectivity index (χ0v) is 9.28. The summed E-state index contributed by atoms with van der Waals surface area (Å²) in [4.78, 5) is 4.47. The van der Waals surface area contributed by atoms with E-state index in [2.05, 4.69) is 4.98 Å². The molecule has 0 unspecified atom stereocenters. The zero-order chi connectivity index (χ0) is 11.5. The van der Waals surface area contributed by atoms with E-state index >= 15 is 0 Å². The number of nitrogens with zero attached hydrogens (tertiary/aromatic N) is 2. The predicted molar refractivity (Wildman–Crippen MR) is 66.0 cm³/mol. The molecular formula is C14H12N2O. The highest BCUT2D eigenvalue weighted by Crippen LogP contribution is 2.11. The SMILES string of the molecule is c1ccc(OCc2cn3ccccc3n2)cc1. The van der Waals surface area contributed by atoms with Crippen molar-refractivity contribution in [2.75, 3.05) is 0 Å². The van der Waals surface area contributed by atoms with Gasteiger partial charge in [0.1, 0.15) is 18.0 Å². The molecule has 2 heterocycles. The Balaban J connectivity index is 1.77. The number of hydrogen-bond acceptors (Lipinski definition) is 2. The molecule has 0 N–H and O–H groups in total. The number of aromatic nitrogens is 2. The molecule has 0 aliphatic carbocycles. The first-order chi connectivity index (χ1) is 8.42. The van der Waals surface area contributed by atoms with Crippen molar-refractivity contribution in [1.29, 1.82) is 0 Å². The number of hydrogen-bond donors (Lipinski definition) is 0. The van der Waals surface area contributed by atoms with Gasteiger partial charge < -0.3 is 9.14 Å². The molecule has 0 aliphatic rings. The van der Waals surface area contributed by atoms with Gasteiger partial charge in [-0.25, -0.2) is 4.98 Å². The van der Waals surface area contributed by atoms with Gasteiger partial charge in [-0.15, -0.1) is 0 Å². The van der Waals surface area contributed by atoms with Crippen LogP contribution >= 0.6 is 0 Å². The van der Waals surface area contributed by atoms with Crippen LogP contribution in [0.2, 0.25) is 0 Å². The van der Waals surface area contributed by atoms with Gasteiger partial charge in [-0.3, -0.25) is 0 Å². The van der Waals surface area contributed by atoms with Crippen LogP contribution in [-0.2, 0) is 6.61 Å². The lowest BCUT2D eigenvalue weighted by molar-refractivity contribution is 0.302. The van der Waals surface area contributed by atoms with E-state index in [0.29, 0.717) is 6.61 Å². The number of ether oxygens (including phenoxy) is 1. The van der Waals surface area contributed by atoms with Crippen molar-refractivity contribution in [1.82, 2.24) is 9.38 Å². The molecule has 3 rings (SSSR count). The summed E-state index contributed by atoms with van der Waals surface area (Å²) in [5, 5.41) is 0. The Labute approximate surface area is 99.3 Å². The van der Waals surface area contributed by atoms with Crippen LogP contribution in [0.25, 0.3) is 5.65 Å². The van der Waals surface area contributed by atoms with Gasteiger partial charge in [-0.1, -0.05) is 24.3 Å². The van der Waals surface area contributed by atoms with Crippen LogP contribution in [0.5, 0.6) is 5.75 Å². The van der Waals surface area contributed by atoms with E-state index in [1.807, 2.05) is 65.3 Å². The van der Waals surface area contributed by atoms with Crippen molar-refractivity contribution in [3.05, 3.63) is 66.6 Å². The van der Waals surface area contributed by atoms with Gasteiger partial charge in [0.15, 0.2) is 0 Å². The summed E-state index contributed by atoms with van der Waals surface area (Å²) in [6, 6.07) is 15.7. The van der Waals surface area contributed by atoms with Gasteiger partial charge in [0.2, 0.25) is 0 Å². The Morgan fingerprint density at radius 2 is 1.82 bits per heavy atom. The van der Waals surface area contributed by atoms with Gasteiger partial charge in [0, 0.05) is 12.4 Å². The molecule has 0 bridgehead atoms. The van der Waals surface area contributed by atoms with Crippen molar-refractivity contribution >= 4 is 5.65 Å². The van der Waals surface area contributed by atoms with Gasteiger partial charge in [-0.05, 0) is 24.3 Å². The summed E-state index contributed by atoms with van der Waals surface area (Å²) in [7, 11) is 0. The lowest BCUT2D eigenvalue weighted by Gasteiger charge is -2.02. The Kier molecular flexibility index (Phi) is 2.50. The molecule has 0 radical (unpaired) electrons. The fourth-order valence-corrected chi connectivity index (χ4v) is 1.73. The minimum atomic E-state index is 0.492. The standard InChI is InChI=1S/C14H12N2O/c1-2-6-13(7-3-1)17-11-12-10-16-9-5-4-8-14(16)15-12/h1-10H,11H2. The van der Waals surface area contributed by atoms with Crippen LogP contribution in [-0.4, -0.2) is 9.38 Å². The molecule has 1 aromatic carbocycles. The number of pyridine rings is 1. The van der Waals surface area contributed by atoms with Crippen molar-refractivity contribution in [2.45, 2.75) is 6.61 Å². The van der Waals surface area contributed by atoms with Crippen molar-refractivity contribution in [3.63, 3.8) is 0 Å². The van der Waals surface area contributed by atoms with Crippen molar-refractivity contribution in [3.8, 4) is 5.75 Å². The number of benzene rings is 1. The highest BCUT2D eigenvalue weighted by molar-refractivity contribution is 5.39. The lowest BCUT2D eigenvalue weighted by atomic mass is 10.3. The first-order valence-corrected chi connectivity index (χ1v) is 5.52. The molecule has 3 aromatic rings. The average Bonchev–Trinajstić information content (AvgIpc) is 2.80. The van der Waals surface area contributed by atoms with E-state index in [0.717, 1.165) is 17.1 Å². The summed E-state index contributed by atoms with van der Waals surface area (Å²) in [5.74, 6) is 0.865. The van der Waals surface area contributed by atoms with E-state index in [1.165, 1.54) is 0 Å². The van der Waals surface area contributed by atoms with E-state index < -0.39 is 0 Å². The molecule has 0 aliphatic heterocycles. The van der Waals surface area contributed by atoms with Crippen LogP contribution in [0.1, 0.15) is 5.69 Å². The third-order valence-corrected chi connectivity index (χ3v) is 2.54. The Bertz CT molecular complexity index is 583. The van der Waals surface area contributed by atoms with E-state index in [1.54, 1.807) is 0 Å². The van der Waals surface area contributed by atoms with Crippen molar-refractivity contribution in [2.24, 2.45) is 0 Å². The van der Waals surface area contributed by atoms with Gasteiger partial charge in [0.05, 0.1) is 5.69 Å². The lowest BCUT2D eigenvalue weighted by Crippen LogP contribution is -1.94. The maximum Gasteiger partial charge on any atom is 0.137 e. The van der Waals surface area contributed by atoms with Gasteiger partial charge >= 0.3 is 0 Å². The van der Waals surface area contributed by atoms with Crippen LogP contribution in [0.4, 0.5) is 0 Å². The topological polar surface area (TPSA) is 26.5 Å². The molecule has 0 saturated heterocycles. The van der Waals surface area contributed by atoms with Crippen LogP contribution in [0.3, 0.4) is 0 Å². The maximum absolute atomic E-state index is 5.65. The highest BCUT2D eigenvalue weighted by atomic mass is 16.5. The van der Waals surface area contributed by atoms with E-state index in [-0.39, 0.29) is 0 Å². The Morgan fingerprint density at radius 3 is 2.65 bits per heavy atom. The summed E-state index contributed by atoms with van der Waals surface area (Å²) in [6.07, 6.45) is 3.96. The molecule has 2 aromatic heterocycles. The average molecular weight is 224 g/mol. The molecule has 0 saturated carbocycles. The second-order valence-electron chi connectivity index (χ2n) is 3.80. The Morgan fingerprint density at radius 1 is 1.00 bits per heavy atom. The maximum atomic E-state index is 5.65. The van der Waals surface area contributed by atoms with Crippen molar-refractivity contribution < 1.29 is 4.74 Å². The van der Waals surface area contributed by atoms with E-state index in [4.69, 9.17) is 4.74 Å². The normalized spacial score (nSPS) is 10.6. The molecule has 3 nitrogen and oxygen atoms in total. The molecule has 17 heavy (non-hydrogen) atoms. The first-order valence-electron chi connectivity index (χ1n) is 5.52. The minimum Gasteiger partial charge on any atom is -0.487 e. The second kappa shape index (κ2) is 4.29. The molecule has 0 spiro atoms. The van der Waals surface area contributed by atoms with Gasteiger partial charge in [-0.2, -0.15) is 0 Å². The molecule has 0 amide bonds. The summed E-state index contributed by atoms with van der Waals surface area (Å²) in [6.45, 7) is 0.492. The molecule has 3 heteroatoms. The fraction of sp³-hybridized carbons (Fsp3) is 0.0714. The number of para-hydroxylation sites is 1. The largest absolute Gasteiger partial charge is 0.487 e. The summed E-state index contributed by atoms with van der Waals surface area (Å²) >= 11 is 0. The molecule has 0 fully saturated rings. The smallest absolute Gasteiger partial charge is 0.137 e. The third-order valence-electron chi connectivity index (χ3n) is 2.54. The van der Waals surface area contributed by atoms with Crippen LogP contribution in [0, 0.1) is 0 Å². The molecule has 0 atom stereocenters. The monoisotopic (exact) mass is 224 g/mol. The number of rotatable bonds is 3. The Hall–Kier alpha value is -2.29. The van der Waals surface area contributed by atoms with Gasteiger partial charge in [0.25, 0.3) is 0 Å². The second-order valence-corrected chi connectivity index (χ2v) is 3.80. The molecular weight excluding hydrogens is 212 g/mol. The molecule has 84 valence electrons. The van der Waals surface area contributed by atoms with E-state index in [9.17, 15) is 0 Å². The van der Waals surface area contributed by atoms with Crippen LogP contribution in [0.15, 0.2) is 60.9 Å². The summed E-state index contributed by atoms with van der Waals surface area (Å²) in [5.41, 5.74) is 1.87. The summed E-state index contributed by atoms with van der Waals surface area (Å²) < 4.78 is 7.64. The predicted octanol–water partition coefficient (Wildman–Crippen LogP) is 2.91.